The highest BCUT2D eigenvalue weighted by atomic mass is 16.4. The van der Waals surface area contributed by atoms with E-state index >= 15 is 0 Å². The van der Waals surface area contributed by atoms with Crippen molar-refractivity contribution in [3.05, 3.63) is 29.8 Å². The normalized spacial score (nSPS) is 12.6. The molecule has 1 aromatic rings. The summed E-state index contributed by atoms with van der Waals surface area (Å²) in [6.07, 6.45) is 0. The van der Waals surface area contributed by atoms with Gasteiger partial charge in [-0.2, -0.15) is 5.26 Å². The number of aliphatic carboxylic acids is 1. The van der Waals surface area contributed by atoms with Crippen molar-refractivity contribution < 1.29 is 9.90 Å². The van der Waals surface area contributed by atoms with E-state index in [0.29, 0.717) is 11.3 Å². The smallest absolute Gasteiger partial charge is 0.326 e. The summed E-state index contributed by atoms with van der Waals surface area (Å²) in [5, 5.41) is 20.8. The molecule has 2 N–H and O–H groups in total. The fourth-order valence-corrected chi connectivity index (χ4v) is 1.46. The van der Waals surface area contributed by atoms with Gasteiger partial charge in [0.1, 0.15) is 6.04 Å². The molecule has 0 spiro atoms. The quantitative estimate of drug-likeness (QED) is 0.839. The molecule has 0 saturated heterocycles. The second-order valence-corrected chi connectivity index (χ2v) is 4.97. The zero-order valence-corrected chi connectivity index (χ0v) is 10.2. The van der Waals surface area contributed by atoms with Crippen molar-refractivity contribution in [2.45, 2.75) is 26.8 Å². The number of nitrogens with one attached hydrogen (secondary N) is 1. The summed E-state index contributed by atoms with van der Waals surface area (Å²) in [6.45, 7) is 5.59. The van der Waals surface area contributed by atoms with Gasteiger partial charge in [0.25, 0.3) is 0 Å². The van der Waals surface area contributed by atoms with Crippen LogP contribution in [0.5, 0.6) is 0 Å². The molecule has 1 unspecified atom stereocenters. The predicted octanol–water partition coefficient (Wildman–Crippen LogP) is 2.47. The molecule has 0 radical (unpaired) electrons. The molecule has 0 saturated carbocycles. The largest absolute Gasteiger partial charge is 0.480 e. The number of hydrogen-bond acceptors (Lipinski definition) is 3. The van der Waals surface area contributed by atoms with Crippen LogP contribution in [0.25, 0.3) is 0 Å². The van der Waals surface area contributed by atoms with Gasteiger partial charge in [-0.05, 0) is 29.7 Å². The molecule has 1 rings (SSSR count). The van der Waals surface area contributed by atoms with Crippen LogP contribution in [0, 0.1) is 16.7 Å². The van der Waals surface area contributed by atoms with Crippen LogP contribution in [0.15, 0.2) is 24.3 Å². The van der Waals surface area contributed by atoms with Crippen molar-refractivity contribution in [2.24, 2.45) is 5.41 Å². The van der Waals surface area contributed by atoms with Crippen LogP contribution in [0.1, 0.15) is 26.3 Å². The van der Waals surface area contributed by atoms with Gasteiger partial charge in [0, 0.05) is 5.69 Å². The fourth-order valence-electron chi connectivity index (χ4n) is 1.46. The van der Waals surface area contributed by atoms with E-state index in [9.17, 15) is 4.79 Å². The van der Waals surface area contributed by atoms with Gasteiger partial charge >= 0.3 is 5.97 Å². The molecule has 90 valence electrons. The minimum Gasteiger partial charge on any atom is -0.480 e. The summed E-state index contributed by atoms with van der Waals surface area (Å²) in [5.74, 6) is -0.887. The molecule has 4 nitrogen and oxygen atoms in total. The monoisotopic (exact) mass is 232 g/mol. The number of benzene rings is 1. The molecule has 0 aromatic heterocycles. The number of carbonyl (C=O) groups is 1. The van der Waals surface area contributed by atoms with Crippen LogP contribution in [-0.4, -0.2) is 17.1 Å². The Hall–Kier alpha value is -2.02. The Morgan fingerprint density at radius 2 is 1.88 bits per heavy atom. The molecule has 1 atom stereocenters. The summed E-state index contributed by atoms with van der Waals surface area (Å²) in [6, 6.07) is 8.08. The Balaban J connectivity index is 2.88. The molecule has 0 heterocycles. The molecule has 0 fully saturated rings. The Bertz CT molecular complexity index is 438. The molecular formula is C13H16N2O2. The first-order chi connectivity index (χ1) is 7.84. The van der Waals surface area contributed by atoms with Gasteiger partial charge in [0.2, 0.25) is 0 Å². The standard InChI is InChI=1S/C13H16N2O2/c1-13(2,3)11(12(16)17)15-10-6-4-9(8-14)5-7-10/h4-7,11,15H,1-3H3,(H,16,17). The van der Waals surface area contributed by atoms with Gasteiger partial charge in [0.05, 0.1) is 11.6 Å². The molecule has 0 bridgehead atoms. The van der Waals surface area contributed by atoms with Crippen molar-refractivity contribution in [2.75, 3.05) is 5.32 Å². The van der Waals surface area contributed by atoms with E-state index in [0.717, 1.165) is 0 Å². The van der Waals surface area contributed by atoms with E-state index in [2.05, 4.69) is 5.32 Å². The highest BCUT2D eigenvalue weighted by Crippen LogP contribution is 2.23. The number of nitrogens with zero attached hydrogens (tertiary/aromatic N) is 1. The van der Waals surface area contributed by atoms with Crippen molar-refractivity contribution in [3.63, 3.8) is 0 Å². The minimum absolute atomic E-state index is 0.389. The highest BCUT2D eigenvalue weighted by Gasteiger charge is 2.30. The molecule has 17 heavy (non-hydrogen) atoms. The molecular weight excluding hydrogens is 216 g/mol. The average Bonchev–Trinajstić information content (AvgIpc) is 2.24. The lowest BCUT2D eigenvalue weighted by Crippen LogP contribution is -2.41. The van der Waals surface area contributed by atoms with E-state index in [-0.39, 0.29) is 5.41 Å². The lowest BCUT2D eigenvalue weighted by molar-refractivity contribution is -0.140. The third-order valence-electron chi connectivity index (χ3n) is 2.44. The van der Waals surface area contributed by atoms with Crippen molar-refractivity contribution >= 4 is 11.7 Å². The first-order valence-electron chi connectivity index (χ1n) is 5.34. The third kappa shape index (κ3) is 3.49. The molecule has 0 aliphatic rings. The first kappa shape index (κ1) is 13.0. The van der Waals surface area contributed by atoms with Gasteiger partial charge in [-0.25, -0.2) is 4.79 Å². The molecule has 4 heteroatoms. The van der Waals surface area contributed by atoms with Gasteiger partial charge in [-0.15, -0.1) is 0 Å². The minimum atomic E-state index is -0.887. The van der Waals surface area contributed by atoms with E-state index in [1.807, 2.05) is 26.8 Å². The summed E-state index contributed by atoms with van der Waals surface area (Å²) in [5.41, 5.74) is 0.865. The summed E-state index contributed by atoms with van der Waals surface area (Å²) < 4.78 is 0. The van der Waals surface area contributed by atoms with E-state index < -0.39 is 12.0 Å². The Kier molecular flexibility index (Phi) is 3.74. The maximum atomic E-state index is 11.2. The van der Waals surface area contributed by atoms with Crippen molar-refractivity contribution in [1.82, 2.24) is 0 Å². The van der Waals surface area contributed by atoms with Crippen LogP contribution >= 0.6 is 0 Å². The number of anilines is 1. The van der Waals surface area contributed by atoms with Crippen LogP contribution < -0.4 is 5.32 Å². The average molecular weight is 232 g/mol. The summed E-state index contributed by atoms with van der Waals surface area (Å²) >= 11 is 0. The summed E-state index contributed by atoms with van der Waals surface area (Å²) in [4.78, 5) is 11.2. The van der Waals surface area contributed by atoms with Crippen LogP contribution in [0.2, 0.25) is 0 Å². The van der Waals surface area contributed by atoms with Crippen molar-refractivity contribution in [1.29, 1.82) is 5.26 Å². The van der Waals surface area contributed by atoms with E-state index in [4.69, 9.17) is 10.4 Å². The number of nitriles is 1. The van der Waals surface area contributed by atoms with Crippen molar-refractivity contribution in [3.8, 4) is 6.07 Å². The lowest BCUT2D eigenvalue weighted by atomic mass is 9.86. The number of carboxylic acids is 1. The lowest BCUT2D eigenvalue weighted by Gasteiger charge is -2.28. The van der Waals surface area contributed by atoms with Gasteiger partial charge in [-0.3, -0.25) is 0 Å². The summed E-state index contributed by atoms with van der Waals surface area (Å²) in [7, 11) is 0. The Labute approximate surface area is 101 Å². The first-order valence-corrected chi connectivity index (χ1v) is 5.34. The second-order valence-electron chi connectivity index (χ2n) is 4.97. The Morgan fingerprint density at radius 1 is 1.35 bits per heavy atom. The second kappa shape index (κ2) is 4.88. The topological polar surface area (TPSA) is 73.1 Å². The van der Waals surface area contributed by atoms with Gasteiger partial charge in [0.15, 0.2) is 0 Å². The van der Waals surface area contributed by atoms with E-state index in [1.165, 1.54) is 0 Å². The third-order valence-corrected chi connectivity index (χ3v) is 2.44. The van der Waals surface area contributed by atoms with Crippen LogP contribution in [0.3, 0.4) is 0 Å². The number of rotatable bonds is 3. The fraction of sp³-hybridized carbons (Fsp3) is 0.385. The van der Waals surface area contributed by atoms with Crippen LogP contribution in [-0.2, 0) is 4.79 Å². The van der Waals surface area contributed by atoms with E-state index in [1.54, 1.807) is 24.3 Å². The van der Waals surface area contributed by atoms with Crippen LogP contribution in [0.4, 0.5) is 5.69 Å². The van der Waals surface area contributed by atoms with Gasteiger partial charge in [-0.1, -0.05) is 20.8 Å². The zero-order chi connectivity index (χ0) is 13.1. The zero-order valence-electron chi connectivity index (χ0n) is 10.2. The number of hydrogen-bond donors (Lipinski definition) is 2. The highest BCUT2D eigenvalue weighted by molar-refractivity contribution is 5.78. The maximum absolute atomic E-state index is 11.2. The van der Waals surface area contributed by atoms with Gasteiger partial charge < -0.3 is 10.4 Å². The Morgan fingerprint density at radius 3 is 2.24 bits per heavy atom. The predicted molar refractivity (Wildman–Crippen MR) is 65.7 cm³/mol. The molecule has 0 amide bonds. The SMILES string of the molecule is CC(C)(C)C(Nc1ccc(C#N)cc1)C(=O)O. The molecule has 1 aromatic carbocycles. The molecule has 0 aliphatic heterocycles. The maximum Gasteiger partial charge on any atom is 0.326 e. The molecule has 0 aliphatic carbocycles. The number of carboxylic acid groups (broad SMARTS) is 1.